The molecule has 0 unspecified atom stereocenters. The van der Waals surface area contributed by atoms with E-state index < -0.39 is 5.97 Å². The van der Waals surface area contributed by atoms with Gasteiger partial charge < -0.3 is 20.3 Å². The first-order valence-electron chi connectivity index (χ1n) is 5.47. The van der Waals surface area contributed by atoms with E-state index in [1.807, 2.05) is 13.0 Å². The Morgan fingerprint density at radius 2 is 2.12 bits per heavy atom. The first-order valence-corrected chi connectivity index (χ1v) is 5.47. The minimum absolute atomic E-state index is 0.0375. The van der Waals surface area contributed by atoms with Crippen molar-refractivity contribution in [1.82, 2.24) is 0 Å². The van der Waals surface area contributed by atoms with Crippen molar-refractivity contribution in [2.75, 3.05) is 13.2 Å². The van der Waals surface area contributed by atoms with E-state index in [0.29, 0.717) is 24.7 Å². The molecule has 94 valence electrons. The Morgan fingerprint density at radius 3 is 2.71 bits per heavy atom. The predicted octanol–water partition coefficient (Wildman–Crippen LogP) is 1.40. The van der Waals surface area contributed by atoms with Gasteiger partial charge in [0.05, 0.1) is 19.6 Å². The van der Waals surface area contributed by atoms with E-state index in [-0.39, 0.29) is 13.0 Å². The molecule has 0 aliphatic heterocycles. The molecule has 0 amide bonds. The van der Waals surface area contributed by atoms with Gasteiger partial charge in [-0.3, -0.25) is 4.79 Å². The summed E-state index contributed by atoms with van der Waals surface area (Å²) in [5, 5.41) is 8.52. The van der Waals surface area contributed by atoms with E-state index in [1.54, 1.807) is 12.1 Å². The minimum Gasteiger partial charge on any atom is -0.490 e. The van der Waals surface area contributed by atoms with Gasteiger partial charge in [0.25, 0.3) is 0 Å². The molecule has 1 aromatic rings. The summed E-state index contributed by atoms with van der Waals surface area (Å²) in [5.74, 6) is 0.257. The molecule has 0 atom stereocenters. The highest BCUT2D eigenvalue weighted by Crippen LogP contribution is 2.28. The van der Waals surface area contributed by atoms with Gasteiger partial charge >= 0.3 is 5.97 Å². The summed E-state index contributed by atoms with van der Waals surface area (Å²) >= 11 is 0. The average molecular weight is 239 g/mol. The summed E-state index contributed by atoms with van der Waals surface area (Å²) in [6.45, 7) is 2.94. The Morgan fingerprint density at radius 1 is 1.35 bits per heavy atom. The molecule has 0 fully saturated rings. The van der Waals surface area contributed by atoms with Gasteiger partial charge in [-0.2, -0.15) is 0 Å². The number of hydrogen-bond donors (Lipinski definition) is 2. The van der Waals surface area contributed by atoms with Crippen LogP contribution in [-0.4, -0.2) is 24.3 Å². The highest BCUT2D eigenvalue weighted by molar-refractivity contribution is 5.66. The highest BCUT2D eigenvalue weighted by atomic mass is 16.5. The Balaban J connectivity index is 2.71. The smallest absolute Gasteiger partial charge is 0.306 e. The molecular formula is C12H17NO4. The van der Waals surface area contributed by atoms with Gasteiger partial charge in [-0.05, 0) is 24.6 Å². The van der Waals surface area contributed by atoms with Gasteiger partial charge in [0, 0.05) is 6.54 Å². The molecule has 5 nitrogen and oxygen atoms in total. The quantitative estimate of drug-likeness (QED) is 0.751. The van der Waals surface area contributed by atoms with E-state index in [2.05, 4.69) is 0 Å². The minimum atomic E-state index is -0.887. The average Bonchev–Trinajstić information content (AvgIpc) is 2.31. The van der Waals surface area contributed by atoms with Crippen LogP contribution in [0.4, 0.5) is 0 Å². The van der Waals surface area contributed by atoms with Crippen molar-refractivity contribution >= 4 is 5.97 Å². The third-order valence-corrected chi connectivity index (χ3v) is 2.12. The molecule has 1 aromatic carbocycles. The molecule has 17 heavy (non-hydrogen) atoms. The highest BCUT2D eigenvalue weighted by Gasteiger charge is 2.07. The van der Waals surface area contributed by atoms with Crippen molar-refractivity contribution in [2.45, 2.75) is 19.9 Å². The third kappa shape index (κ3) is 4.32. The van der Waals surface area contributed by atoms with Gasteiger partial charge in [-0.1, -0.05) is 6.07 Å². The summed E-state index contributed by atoms with van der Waals surface area (Å²) < 4.78 is 10.8. The number of carbonyl (C=O) groups is 1. The lowest BCUT2D eigenvalue weighted by atomic mass is 10.2. The van der Waals surface area contributed by atoms with Crippen molar-refractivity contribution in [3.8, 4) is 11.5 Å². The zero-order valence-electron chi connectivity index (χ0n) is 9.81. The maximum Gasteiger partial charge on any atom is 0.306 e. The lowest BCUT2D eigenvalue weighted by molar-refractivity contribution is -0.137. The van der Waals surface area contributed by atoms with Crippen LogP contribution >= 0.6 is 0 Å². The van der Waals surface area contributed by atoms with E-state index in [4.69, 9.17) is 20.3 Å². The third-order valence-electron chi connectivity index (χ3n) is 2.12. The fraction of sp³-hybridized carbons (Fsp3) is 0.417. The van der Waals surface area contributed by atoms with Crippen LogP contribution in [0.3, 0.4) is 0 Å². The SMILES string of the molecule is CCOc1cc(CN)ccc1OCCC(=O)O. The standard InChI is InChI=1S/C12H17NO4/c1-2-16-11-7-9(8-13)3-4-10(11)17-6-5-12(14)15/h3-4,7H,2,5-6,8,13H2,1H3,(H,14,15). The lowest BCUT2D eigenvalue weighted by Crippen LogP contribution is -2.06. The summed E-state index contributed by atoms with van der Waals surface area (Å²) in [6, 6.07) is 5.38. The van der Waals surface area contributed by atoms with Gasteiger partial charge in [0.2, 0.25) is 0 Å². The monoisotopic (exact) mass is 239 g/mol. The van der Waals surface area contributed by atoms with Gasteiger partial charge in [0.15, 0.2) is 11.5 Å². The molecule has 0 saturated heterocycles. The van der Waals surface area contributed by atoms with Crippen molar-refractivity contribution in [3.63, 3.8) is 0 Å². The van der Waals surface area contributed by atoms with Crippen LogP contribution < -0.4 is 15.2 Å². The summed E-state index contributed by atoms with van der Waals surface area (Å²) in [7, 11) is 0. The molecule has 0 heterocycles. The zero-order valence-corrected chi connectivity index (χ0v) is 9.81. The molecule has 0 saturated carbocycles. The van der Waals surface area contributed by atoms with Crippen molar-refractivity contribution < 1.29 is 19.4 Å². The fourth-order valence-electron chi connectivity index (χ4n) is 1.32. The molecule has 0 aliphatic carbocycles. The van der Waals surface area contributed by atoms with Gasteiger partial charge in [0.1, 0.15) is 0 Å². The van der Waals surface area contributed by atoms with Crippen molar-refractivity contribution in [2.24, 2.45) is 5.73 Å². The Hall–Kier alpha value is -1.75. The van der Waals surface area contributed by atoms with E-state index >= 15 is 0 Å². The molecule has 0 radical (unpaired) electrons. The van der Waals surface area contributed by atoms with E-state index in [0.717, 1.165) is 5.56 Å². The Kier molecular flexibility index (Phi) is 5.29. The van der Waals surface area contributed by atoms with Crippen LogP contribution in [0.2, 0.25) is 0 Å². The maximum absolute atomic E-state index is 10.4. The number of hydrogen-bond acceptors (Lipinski definition) is 4. The normalized spacial score (nSPS) is 10.0. The molecule has 0 aromatic heterocycles. The van der Waals surface area contributed by atoms with Gasteiger partial charge in [-0.15, -0.1) is 0 Å². The van der Waals surface area contributed by atoms with Crippen molar-refractivity contribution in [3.05, 3.63) is 23.8 Å². The molecule has 5 heteroatoms. The Bertz CT molecular complexity index is 379. The number of rotatable bonds is 7. The molecule has 1 rings (SSSR count). The molecule has 0 aliphatic rings. The van der Waals surface area contributed by atoms with Gasteiger partial charge in [-0.25, -0.2) is 0 Å². The van der Waals surface area contributed by atoms with Crippen LogP contribution in [0.1, 0.15) is 18.9 Å². The molecule has 0 spiro atoms. The number of carboxylic acid groups (broad SMARTS) is 1. The number of ether oxygens (including phenoxy) is 2. The van der Waals surface area contributed by atoms with Crippen LogP contribution in [0.5, 0.6) is 11.5 Å². The van der Waals surface area contributed by atoms with Crippen LogP contribution in [-0.2, 0) is 11.3 Å². The van der Waals surface area contributed by atoms with Crippen LogP contribution in [0, 0.1) is 0 Å². The molecule has 0 bridgehead atoms. The lowest BCUT2D eigenvalue weighted by Gasteiger charge is -2.12. The Labute approximate surface area is 100 Å². The van der Waals surface area contributed by atoms with Crippen LogP contribution in [0.25, 0.3) is 0 Å². The second kappa shape index (κ2) is 6.75. The maximum atomic E-state index is 10.4. The van der Waals surface area contributed by atoms with E-state index in [9.17, 15) is 4.79 Å². The molecular weight excluding hydrogens is 222 g/mol. The topological polar surface area (TPSA) is 81.8 Å². The first kappa shape index (κ1) is 13.3. The number of aliphatic carboxylic acids is 1. The predicted molar refractivity (Wildman–Crippen MR) is 63.3 cm³/mol. The second-order valence-corrected chi connectivity index (χ2v) is 3.41. The van der Waals surface area contributed by atoms with E-state index in [1.165, 1.54) is 0 Å². The largest absolute Gasteiger partial charge is 0.490 e. The number of nitrogens with two attached hydrogens (primary N) is 1. The second-order valence-electron chi connectivity index (χ2n) is 3.41. The summed E-state index contributed by atoms with van der Waals surface area (Å²) in [5.41, 5.74) is 6.47. The number of benzene rings is 1. The zero-order chi connectivity index (χ0) is 12.7. The summed E-state index contributed by atoms with van der Waals surface area (Å²) in [4.78, 5) is 10.4. The molecule has 3 N–H and O–H groups in total. The fourth-order valence-corrected chi connectivity index (χ4v) is 1.32. The van der Waals surface area contributed by atoms with Crippen molar-refractivity contribution in [1.29, 1.82) is 0 Å². The summed E-state index contributed by atoms with van der Waals surface area (Å²) in [6.07, 6.45) is -0.0375. The number of carboxylic acids is 1. The van der Waals surface area contributed by atoms with Crippen LogP contribution in [0.15, 0.2) is 18.2 Å². The first-order chi connectivity index (χ1) is 8.17.